The van der Waals surface area contributed by atoms with Crippen molar-refractivity contribution in [2.45, 2.75) is 26.7 Å². The summed E-state index contributed by atoms with van der Waals surface area (Å²) in [7, 11) is 3.11. The van der Waals surface area contributed by atoms with Gasteiger partial charge >= 0.3 is 0 Å². The van der Waals surface area contributed by atoms with E-state index in [-0.39, 0.29) is 11.8 Å². The van der Waals surface area contributed by atoms with E-state index in [1.165, 1.54) is 0 Å². The summed E-state index contributed by atoms with van der Waals surface area (Å²) >= 11 is 0. The van der Waals surface area contributed by atoms with Crippen LogP contribution >= 0.6 is 0 Å². The Balaban J connectivity index is 1.84. The number of ether oxygens (including phenoxy) is 2. The summed E-state index contributed by atoms with van der Waals surface area (Å²) in [6.45, 7) is 5.93. The number of likely N-dealkylation sites (tertiary alicyclic amines) is 1. The molecule has 6 nitrogen and oxygen atoms in total. The molecule has 1 heterocycles. The fourth-order valence-electron chi connectivity index (χ4n) is 3.01. The number of hydrogen-bond acceptors (Lipinski definition) is 4. The zero-order chi connectivity index (χ0) is 19.1. The van der Waals surface area contributed by atoms with Gasteiger partial charge in [0.15, 0.2) is 11.5 Å². The fourth-order valence-corrected chi connectivity index (χ4v) is 3.01. The molecule has 0 aliphatic carbocycles. The molecule has 0 atom stereocenters. The van der Waals surface area contributed by atoms with E-state index in [0.29, 0.717) is 29.5 Å². The van der Waals surface area contributed by atoms with Crippen molar-refractivity contribution >= 4 is 11.8 Å². The van der Waals surface area contributed by atoms with Crippen molar-refractivity contribution < 1.29 is 19.1 Å². The second-order valence-electron chi connectivity index (χ2n) is 6.77. The summed E-state index contributed by atoms with van der Waals surface area (Å²) in [5.74, 6) is 1.46. The van der Waals surface area contributed by atoms with Crippen LogP contribution in [0.2, 0.25) is 0 Å². The van der Waals surface area contributed by atoms with Gasteiger partial charge in [0.1, 0.15) is 0 Å². The highest BCUT2D eigenvalue weighted by molar-refractivity contribution is 5.94. The topological polar surface area (TPSA) is 67.9 Å². The van der Waals surface area contributed by atoms with Gasteiger partial charge in [0.05, 0.1) is 14.2 Å². The van der Waals surface area contributed by atoms with Crippen LogP contribution in [0, 0.1) is 5.92 Å². The Bertz CT molecular complexity index is 672. The van der Waals surface area contributed by atoms with Gasteiger partial charge in [-0.3, -0.25) is 9.59 Å². The molecule has 0 aromatic heterocycles. The maximum Gasteiger partial charge on any atom is 0.251 e. The van der Waals surface area contributed by atoms with Gasteiger partial charge in [0.2, 0.25) is 5.91 Å². The lowest BCUT2D eigenvalue weighted by atomic mass is 9.96. The molecule has 0 radical (unpaired) electrons. The van der Waals surface area contributed by atoms with Crippen molar-refractivity contribution in [2.24, 2.45) is 5.92 Å². The standard InChI is InChI=1S/C20H28N2O4/c1-14(2)11-19(23)22-9-7-15(8-10-22)13-21-20(24)16-5-6-17(25-3)18(12-16)26-4/h5-6,11-12,15H,7-10,13H2,1-4H3,(H,21,24). The molecule has 1 saturated heterocycles. The van der Waals surface area contributed by atoms with Gasteiger partial charge in [0.25, 0.3) is 5.91 Å². The fraction of sp³-hybridized carbons (Fsp3) is 0.500. The molecule has 142 valence electrons. The number of methoxy groups -OCH3 is 2. The molecule has 0 saturated carbocycles. The molecule has 6 heteroatoms. The van der Waals surface area contributed by atoms with E-state index >= 15 is 0 Å². The van der Waals surface area contributed by atoms with Crippen molar-refractivity contribution in [3.63, 3.8) is 0 Å². The van der Waals surface area contributed by atoms with Gasteiger partial charge in [-0.15, -0.1) is 0 Å². The largest absolute Gasteiger partial charge is 0.493 e. The van der Waals surface area contributed by atoms with E-state index in [1.54, 1.807) is 38.5 Å². The van der Waals surface area contributed by atoms with Crippen molar-refractivity contribution in [1.82, 2.24) is 10.2 Å². The Hall–Kier alpha value is -2.50. The second kappa shape index (κ2) is 9.27. The van der Waals surface area contributed by atoms with E-state index in [1.807, 2.05) is 18.7 Å². The molecule has 0 spiro atoms. The summed E-state index contributed by atoms with van der Waals surface area (Å²) in [6.07, 6.45) is 3.47. The number of benzene rings is 1. The number of piperidine rings is 1. The number of rotatable bonds is 6. The van der Waals surface area contributed by atoms with E-state index < -0.39 is 0 Å². The van der Waals surface area contributed by atoms with Crippen molar-refractivity contribution in [1.29, 1.82) is 0 Å². The average Bonchev–Trinajstić information content (AvgIpc) is 2.65. The lowest BCUT2D eigenvalue weighted by Gasteiger charge is -2.31. The minimum absolute atomic E-state index is 0.0813. The molecule has 26 heavy (non-hydrogen) atoms. The number of nitrogens with zero attached hydrogens (tertiary/aromatic N) is 1. The minimum Gasteiger partial charge on any atom is -0.493 e. The number of carbonyl (C=O) groups is 2. The molecule has 1 aromatic carbocycles. The van der Waals surface area contributed by atoms with Gasteiger partial charge in [-0.25, -0.2) is 0 Å². The van der Waals surface area contributed by atoms with Crippen LogP contribution in [0.5, 0.6) is 11.5 Å². The number of hydrogen-bond donors (Lipinski definition) is 1. The Labute approximate surface area is 155 Å². The molecule has 1 aromatic rings. The molecule has 1 aliphatic rings. The number of amides is 2. The van der Waals surface area contributed by atoms with Gasteiger partial charge in [-0.1, -0.05) is 5.57 Å². The predicted octanol–water partition coefficient (Wildman–Crippen LogP) is 2.64. The van der Waals surface area contributed by atoms with Crippen LogP contribution in [0.4, 0.5) is 0 Å². The van der Waals surface area contributed by atoms with E-state index in [9.17, 15) is 9.59 Å². The van der Waals surface area contributed by atoms with Crippen LogP contribution in [0.15, 0.2) is 29.8 Å². The van der Waals surface area contributed by atoms with Crippen LogP contribution in [0.3, 0.4) is 0 Å². The lowest BCUT2D eigenvalue weighted by molar-refractivity contribution is -0.127. The number of allylic oxidation sites excluding steroid dienone is 1. The molecular weight excluding hydrogens is 332 g/mol. The first kappa shape index (κ1) is 19.8. The highest BCUT2D eigenvalue weighted by Crippen LogP contribution is 2.27. The Morgan fingerprint density at radius 3 is 2.38 bits per heavy atom. The molecule has 0 bridgehead atoms. The van der Waals surface area contributed by atoms with Crippen LogP contribution in [0.1, 0.15) is 37.0 Å². The van der Waals surface area contributed by atoms with E-state index in [2.05, 4.69) is 5.32 Å². The maximum absolute atomic E-state index is 12.4. The van der Waals surface area contributed by atoms with Crippen molar-refractivity contribution in [3.8, 4) is 11.5 Å². The van der Waals surface area contributed by atoms with Crippen molar-refractivity contribution in [2.75, 3.05) is 33.9 Å². The SMILES string of the molecule is COc1ccc(C(=O)NCC2CCN(C(=O)C=C(C)C)CC2)cc1OC. The van der Waals surface area contributed by atoms with Gasteiger partial charge in [-0.05, 0) is 50.8 Å². The van der Waals surface area contributed by atoms with E-state index in [4.69, 9.17) is 9.47 Å². The molecule has 1 aliphatic heterocycles. The maximum atomic E-state index is 12.4. The normalized spacial score (nSPS) is 14.5. The quantitative estimate of drug-likeness (QED) is 0.792. The third kappa shape index (κ3) is 5.25. The number of nitrogens with one attached hydrogen (secondary N) is 1. The molecule has 0 unspecified atom stereocenters. The monoisotopic (exact) mass is 360 g/mol. The second-order valence-corrected chi connectivity index (χ2v) is 6.77. The van der Waals surface area contributed by atoms with Crippen LogP contribution < -0.4 is 14.8 Å². The first-order valence-corrected chi connectivity index (χ1v) is 8.88. The molecule has 2 rings (SSSR count). The zero-order valence-electron chi connectivity index (χ0n) is 16.0. The zero-order valence-corrected chi connectivity index (χ0v) is 16.0. The summed E-state index contributed by atoms with van der Waals surface area (Å²) in [6, 6.07) is 5.12. The van der Waals surface area contributed by atoms with Crippen LogP contribution in [-0.2, 0) is 4.79 Å². The van der Waals surface area contributed by atoms with Crippen LogP contribution in [-0.4, -0.2) is 50.6 Å². The summed E-state index contributed by atoms with van der Waals surface area (Å²) in [4.78, 5) is 26.3. The molecular formula is C20H28N2O4. The highest BCUT2D eigenvalue weighted by Gasteiger charge is 2.22. The average molecular weight is 360 g/mol. The van der Waals surface area contributed by atoms with Crippen molar-refractivity contribution in [3.05, 3.63) is 35.4 Å². The summed E-state index contributed by atoms with van der Waals surface area (Å²) in [5, 5.41) is 2.98. The minimum atomic E-state index is -0.131. The van der Waals surface area contributed by atoms with E-state index in [0.717, 1.165) is 31.5 Å². The first-order valence-electron chi connectivity index (χ1n) is 8.88. The highest BCUT2D eigenvalue weighted by atomic mass is 16.5. The lowest BCUT2D eigenvalue weighted by Crippen LogP contribution is -2.41. The van der Waals surface area contributed by atoms with Gasteiger partial charge < -0.3 is 19.7 Å². The predicted molar refractivity (Wildman–Crippen MR) is 101 cm³/mol. The van der Waals surface area contributed by atoms with Gasteiger partial charge in [0, 0.05) is 31.3 Å². The first-order chi connectivity index (χ1) is 12.4. The third-order valence-corrected chi connectivity index (χ3v) is 4.54. The molecule has 1 fully saturated rings. The van der Waals surface area contributed by atoms with Crippen LogP contribution in [0.25, 0.3) is 0 Å². The molecule has 1 N–H and O–H groups in total. The summed E-state index contributed by atoms with van der Waals surface area (Å²) in [5.41, 5.74) is 1.55. The Morgan fingerprint density at radius 2 is 1.81 bits per heavy atom. The Morgan fingerprint density at radius 1 is 1.15 bits per heavy atom. The third-order valence-electron chi connectivity index (χ3n) is 4.54. The Kier molecular flexibility index (Phi) is 7.06. The molecule has 2 amide bonds. The smallest absolute Gasteiger partial charge is 0.251 e. The number of carbonyl (C=O) groups excluding carboxylic acids is 2. The van der Waals surface area contributed by atoms with Gasteiger partial charge in [-0.2, -0.15) is 0 Å². The summed E-state index contributed by atoms with van der Waals surface area (Å²) < 4.78 is 10.4.